The third kappa shape index (κ3) is 5.15. The van der Waals surface area contributed by atoms with Crippen molar-refractivity contribution in [1.82, 2.24) is 10.2 Å². The van der Waals surface area contributed by atoms with Crippen LogP contribution in [0.5, 0.6) is 0 Å². The second kappa shape index (κ2) is 7.94. The van der Waals surface area contributed by atoms with E-state index in [0.29, 0.717) is 18.9 Å². The molecule has 1 aliphatic rings. The van der Waals surface area contributed by atoms with Crippen LogP contribution in [0.15, 0.2) is 24.3 Å². The maximum absolute atomic E-state index is 11.9. The first-order valence-electron chi connectivity index (χ1n) is 7.87. The summed E-state index contributed by atoms with van der Waals surface area (Å²) in [5.41, 5.74) is 1.73. The van der Waals surface area contributed by atoms with E-state index in [2.05, 4.69) is 10.6 Å². The number of carbonyl (C=O) groups is 2. The molecule has 0 saturated carbocycles. The molecular weight excluding hydrogens is 278 g/mol. The molecule has 120 valence electrons. The highest BCUT2D eigenvalue weighted by Gasteiger charge is 2.15. The summed E-state index contributed by atoms with van der Waals surface area (Å²) in [5.74, 6) is 0.117. The van der Waals surface area contributed by atoms with E-state index in [4.69, 9.17) is 0 Å². The molecule has 1 atom stereocenters. The van der Waals surface area contributed by atoms with E-state index in [1.54, 1.807) is 19.0 Å². The van der Waals surface area contributed by atoms with Crippen LogP contribution < -0.4 is 10.6 Å². The Balaban J connectivity index is 1.77. The van der Waals surface area contributed by atoms with E-state index >= 15 is 0 Å². The van der Waals surface area contributed by atoms with E-state index in [1.165, 1.54) is 12.8 Å². The molecule has 1 aromatic carbocycles. The molecule has 2 rings (SSSR count). The highest BCUT2D eigenvalue weighted by Crippen LogP contribution is 2.14. The lowest BCUT2D eigenvalue weighted by Gasteiger charge is -2.11. The number of carbonyl (C=O) groups excluding carboxylic acids is 2. The molecule has 0 aromatic heterocycles. The van der Waals surface area contributed by atoms with Gasteiger partial charge in [0.25, 0.3) is 0 Å². The molecule has 1 aliphatic heterocycles. The fourth-order valence-electron chi connectivity index (χ4n) is 2.57. The summed E-state index contributed by atoms with van der Waals surface area (Å²) in [6, 6.07) is 7.96. The molecule has 1 unspecified atom stereocenters. The highest BCUT2D eigenvalue weighted by molar-refractivity contribution is 5.90. The third-order valence-corrected chi connectivity index (χ3v) is 3.97. The van der Waals surface area contributed by atoms with E-state index in [-0.39, 0.29) is 11.8 Å². The lowest BCUT2D eigenvalue weighted by molar-refractivity contribution is -0.128. The quantitative estimate of drug-likeness (QED) is 0.842. The van der Waals surface area contributed by atoms with Crippen molar-refractivity contribution in [3.8, 4) is 0 Å². The number of benzene rings is 1. The van der Waals surface area contributed by atoms with Crippen molar-refractivity contribution >= 4 is 17.5 Å². The zero-order valence-corrected chi connectivity index (χ0v) is 13.4. The molecular formula is C17H25N3O2. The molecule has 0 aliphatic carbocycles. The van der Waals surface area contributed by atoms with Crippen LogP contribution in [-0.4, -0.2) is 43.4 Å². The van der Waals surface area contributed by atoms with Gasteiger partial charge in [0.05, 0.1) is 6.42 Å². The van der Waals surface area contributed by atoms with Crippen molar-refractivity contribution in [3.05, 3.63) is 29.8 Å². The zero-order valence-electron chi connectivity index (χ0n) is 13.4. The van der Waals surface area contributed by atoms with Gasteiger partial charge in [-0.1, -0.05) is 12.1 Å². The summed E-state index contributed by atoms with van der Waals surface area (Å²) in [4.78, 5) is 25.1. The number of nitrogens with zero attached hydrogens (tertiary/aromatic N) is 1. The van der Waals surface area contributed by atoms with Crippen LogP contribution in [0.4, 0.5) is 5.69 Å². The van der Waals surface area contributed by atoms with Crippen molar-refractivity contribution in [1.29, 1.82) is 0 Å². The van der Waals surface area contributed by atoms with Crippen LogP contribution in [0.25, 0.3) is 0 Å². The number of hydrogen-bond acceptors (Lipinski definition) is 3. The van der Waals surface area contributed by atoms with Crippen LogP contribution in [0, 0.1) is 0 Å². The van der Waals surface area contributed by atoms with Gasteiger partial charge in [0.15, 0.2) is 0 Å². The van der Waals surface area contributed by atoms with Crippen molar-refractivity contribution < 1.29 is 9.59 Å². The summed E-state index contributed by atoms with van der Waals surface area (Å²) < 4.78 is 0. The molecule has 2 amide bonds. The Labute approximate surface area is 132 Å². The van der Waals surface area contributed by atoms with Gasteiger partial charge in [-0.2, -0.15) is 0 Å². The Morgan fingerprint density at radius 2 is 2.00 bits per heavy atom. The van der Waals surface area contributed by atoms with Gasteiger partial charge in [-0.15, -0.1) is 0 Å². The molecule has 0 spiro atoms. The van der Waals surface area contributed by atoms with Crippen LogP contribution >= 0.6 is 0 Å². The van der Waals surface area contributed by atoms with Crippen LogP contribution in [0.1, 0.15) is 31.2 Å². The second-order valence-corrected chi connectivity index (χ2v) is 6.04. The zero-order chi connectivity index (χ0) is 15.9. The molecule has 22 heavy (non-hydrogen) atoms. The second-order valence-electron chi connectivity index (χ2n) is 6.04. The lowest BCUT2D eigenvalue weighted by Crippen LogP contribution is -2.24. The minimum absolute atomic E-state index is 0.0471. The van der Waals surface area contributed by atoms with Crippen LogP contribution in [-0.2, 0) is 16.0 Å². The molecule has 0 bridgehead atoms. The normalized spacial score (nSPS) is 17.3. The Bertz CT molecular complexity index is 505. The summed E-state index contributed by atoms with van der Waals surface area (Å²) in [7, 11) is 3.49. The molecule has 1 fully saturated rings. The average molecular weight is 303 g/mol. The Kier molecular flexibility index (Phi) is 5.95. The first-order chi connectivity index (χ1) is 10.5. The molecule has 5 nitrogen and oxygen atoms in total. The van der Waals surface area contributed by atoms with Crippen molar-refractivity contribution in [2.75, 3.05) is 26.0 Å². The predicted molar refractivity (Wildman–Crippen MR) is 87.7 cm³/mol. The molecule has 1 aromatic rings. The highest BCUT2D eigenvalue weighted by atomic mass is 16.2. The molecule has 2 N–H and O–H groups in total. The maximum Gasteiger partial charge on any atom is 0.226 e. The van der Waals surface area contributed by atoms with Crippen molar-refractivity contribution in [2.24, 2.45) is 0 Å². The summed E-state index contributed by atoms with van der Waals surface area (Å²) >= 11 is 0. The van der Waals surface area contributed by atoms with E-state index in [0.717, 1.165) is 24.2 Å². The largest absolute Gasteiger partial charge is 0.349 e. The van der Waals surface area contributed by atoms with Gasteiger partial charge < -0.3 is 15.5 Å². The average Bonchev–Trinajstić information content (AvgIpc) is 3.00. The summed E-state index contributed by atoms with van der Waals surface area (Å²) in [5, 5.41) is 6.30. The van der Waals surface area contributed by atoms with Crippen molar-refractivity contribution in [2.45, 2.75) is 38.1 Å². The number of rotatable bonds is 6. The fraction of sp³-hybridized carbons (Fsp3) is 0.529. The fourth-order valence-corrected chi connectivity index (χ4v) is 2.57. The molecule has 1 heterocycles. The summed E-state index contributed by atoms with van der Waals surface area (Å²) in [6.07, 6.45) is 4.19. The lowest BCUT2D eigenvalue weighted by atomic mass is 10.1. The van der Waals surface area contributed by atoms with Gasteiger partial charge in [0.2, 0.25) is 11.8 Å². The van der Waals surface area contributed by atoms with Crippen LogP contribution in [0.2, 0.25) is 0 Å². The van der Waals surface area contributed by atoms with Gasteiger partial charge in [-0.05, 0) is 43.5 Å². The molecule has 5 heteroatoms. The van der Waals surface area contributed by atoms with Gasteiger partial charge in [-0.25, -0.2) is 0 Å². The van der Waals surface area contributed by atoms with Crippen molar-refractivity contribution in [3.63, 3.8) is 0 Å². The monoisotopic (exact) mass is 303 g/mol. The topological polar surface area (TPSA) is 61.4 Å². The minimum atomic E-state index is 0.0471. The van der Waals surface area contributed by atoms with Gasteiger partial charge in [0.1, 0.15) is 0 Å². The van der Waals surface area contributed by atoms with E-state index < -0.39 is 0 Å². The predicted octanol–water partition coefficient (Wildman–Crippen LogP) is 1.79. The van der Waals surface area contributed by atoms with Crippen LogP contribution in [0.3, 0.4) is 0 Å². The number of amides is 2. The van der Waals surface area contributed by atoms with E-state index in [9.17, 15) is 9.59 Å². The van der Waals surface area contributed by atoms with E-state index in [1.807, 2.05) is 24.3 Å². The number of nitrogens with one attached hydrogen (secondary N) is 2. The first-order valence-corrected chi connectivity index (χ1v) is 7.87. The number of hydrogen-bond donors (Lipinski definition) is 2. The summed E-state index contributed by atoms with van der Waals surface area (Å²) in [6.45, 7) is 1.07. The van der Waals surface area contributed by atoms with Gasteiger partial charge >= 0.3 is 0 Å². The Morgan fingerprint density at radius 3 is 2.59 bits per heavy atom. The number of anilines is 1. The molecule has 0 radical (unpaired) electrons. The molecule has 1 saturated heterocycles. The Hall–Kier alpha value is -1.88. The maximum atomic E-state index is 11.9. The number of likely N-dealkylation sites (N-methyl/N-ethyl adjacent to an activating group) is 1. The first kappa shape index (κ1) is 16.5. The van der Waals surface area contributed by atoms with Gasteiger partial charge in [-0.3, -0.25) is 9.59 Å². The minimum Gasteiger partial charge on any atom is -0.349 e. The smallest absolute Gasteiger partial charge is 0.226 e. The SMILES string of the molecule is CN(C)C(=O)Cc1ccc(NC(=O)CCC2CCCN2)cc1. The third-order valence-electron chi connectivity index (χ3n) is 3.97. The standard InChI is InChI=1S/C17H25N3O2/c1-20(2)17(22)12-13-5-7-15(8-6-13)19-16(21)10-9-14-4-3-11-18-14/h5-8,14,18H,3-4,9-12H2,1-2H3,(H,19,21). The van der Waals surface area contributed by atoms with Gasteiger partial charge in [0, 0.05) is 32.2 Å². The Morgan fingerprint density at radius 1 is 1.27 bits per heavy atom.